The van der Waals surface area contributed by atoms with Crippen molar-refractivity contribution in [2.45, 2.75) is 125 Å². The lowest BCUT2D eigenvalue weighted by Gasteiger charge is -2.26. The van der Waals surface area contributed by atoms with Gasteiger partial charge in [0.05, 0.1) is 19.8 Å². The standard InChI is InChI=1S/C28H43N3O3.3C3H5NO/c1-3-18-8-17(2)23(9-18)14-29-26(32)30(15-24-12-19-4-6-21(24)10-19)28(34)31(27(29)33)16-25-13-20-5-7-22(25)11-20;3*1-2-5-3-4/h17-25H,3-16H2,1-2H3;3*2H2,1H3. The average Bonchev–Trinajstić information content (AvgIpc) is 3.95. The third-order valence-corrected chi connectivity index (χ3v) is 11.8. The molecule has 0 amide bonds. The summed E-state index contributed by atoms with van der Waals surface area (Å²) in [5, 5.41) is 22.8. The van der Waals surface area contributed by atoms with E-state index in [1.165, 1.54) is 77.4 Å². The monoisotopic (exact) mass is 682 g/mol. The Hall–Kier alpha value is -3.72. The summed E-state index contributed by atoms with van der Waals surface area (Å²) in [6.07, 6.45) is 17.9. The summed E-state index contributed by atoms with van der Waals surface area (Å²) in [7, 11) is 0. The molecule has 12 nitrogen and oxygen atoms in total. The Kier molecular flexibility index (Phi) is 16.3. The normalized spacial score (nSPS) is 29.9. The first-order valence-electron chi connectivity index (χ1n) is 18.6. The van der Waals surface area contributed by atoms with E-state index in [1.807, 2.05) is 0 Å². The van der Waals surface area contributed by atoms with Crippen LogP contribution in [0.5, 0.6) is 0 Å². The lowest BCUT2D eigenvalue weighted by Crippen LogP contribution is -2.56. The molecule has 0 aromatic carbocycles. The smallest absolute Gasteiger partial charge is 0.336 e. The molecule has 5 saturated carbocycles. The highest BCUT2D eigenvalue weighted by Crippen LogP contribution is 2.49. The van der Waals surface area contributed by atoms with Gasteiger partial charge in [0.1, 0.15) is 0 Å². The van der Waals surface area contributed by atoms with Crippen LogP contribution in [0.15, 0.2) is 14.4 Å². The third kappa shape index (κ3) is 10.6. The van der Waals surface area contributed by atoms with Crippen molar-refractivity contribution < 1.29 is 14.2 Å². The molecule has 272 valence electrons. The van der Waals surface area contributed by atoms with Crippen molar-refractivity contribution >= 4 is 0 Å². The number of ether oxygens (including phenoxy) is 3. The van der Waals surface area contributed by atoms with Crippen LogP contribution in [-0.2, 0) is 33.8 Å². The van der Waals surface area contributed by atoms with E-state index in [-0.39, 0.29) is 17.1 Å². The highest BCUT2D eigenvalue weighted by Gasteiger charge is 2.42. The van der Waals surface area contributed by atoms with Gasteiger partial charge >= 0.3 is 17.1 Å². The van der Waals surface area contributed by atoms with Crippen molar-refractivity contribution in [3.05, 3.63) is 31.5 Å². The molecule has 5 fully saturated rings. The number of hydrogen-bond donors (Lipinski definition) is 0. The van der Waals surface area contributed by atoms with Gasteiger partial charge in [0.2, 0.25) is 0 Å². The SMILES string of the molecule is CCC1CC(C)C(Cn2c(=O)n(CC3CC4CCC3C4)c(=O)n(CC3CC4CCC3C4)c2=O)C1.CCOC#N.CCOC#N.CCOC#N. The molecule has 5 aliphatic carbocycles. The van der Waals surface area contributed by atoms with E-state index in [4.69, 9.17) is 15.8 Å². The number of fused-ring (bicyclic) bond motifs is 4. The Morgan fingerprint density at radius 1 is 0.571 bits per heavy atom. The van der Waals surface area contributed by atoms with Crippen LogP contribution in [0.2, 0.25) is 0 Å². The summed E-state index contributed by atoms with van der Waals surface area (Å²) >= 11 is 0. The molecule has 9 unspecified atom stereocenters. The zero-order valence-electron chi connectivity index (χ0n) is 30.3. The Bertz CT molecular complexity index is 1370. The molecule has 0 spiro atoms. The first kappa shape index (κ1) is 39.7. The molecule has 5 aliphatic rings. The number of nitrogens with zero attached hydrogens (tertiary/aromatic N) is 6. The van der Waals surface area contributed by atoms with Crippen LogP contribution < -0.4 is 17.1 Å². The van der Waals surface area contributed by atoms with Crippen molar-refractivity contribution in [3.63, 3.8) is 0 Å². The number of nitriles is 3. The molecule has 0 N–H and O–H groups in total. The highest BCUT2D eigenvalue weighted by molar-refractivity contribution is 4.94. The van der Waals surface area contributed by atoms with Crippen LogP contribution in [0.1, 0.15) is 105 Å². The van der Waals surface area contributed by atoms with Crippen molar-refractivity contribution in [1.82, 2.24) is 13.7 Å². The van der Waals surface area contributed by atoms with Crippen LogP contribution in [0.4, 0.5) is 0 Å². The number of aromatic nitrogens is 3. The van der Waals surface area contributed by atoms with Crippen LogP contribution in [0, 0.1) is 87.8 Å². The van der Waals surface area contributed by atoms with Gasteiger partial charge in [-0.3, -0.25) is 0 Å². The fraction of sp³-hybridized carbons (Fsp3) is 0.838. The van der Waals surface area contributed by atoms with Crippen molar-refractivity contribution in [2.75, 3.05) is 19.8 Å². The van der Waals surface area contributed by atoms with Gasteiger partial charge in [-0.1, -0.05) is 33.1 Å². The third-order valence-electron chi connectivity index (χ3n) is 11.8. The van der Waals surface area contributed by atoms with Crippen LogP contribution >= 0.6 is 0 Å². The quantitative estimate of drug-likeness (QED) is 0.284. The zero-order chi connectivity index (χ0) is 35.9. The first-order valence-corrected chi connectivity index (χ1v) is 18.6. The Morgan fingerprint density at radius 2 is 0.959 bits per heavy atom. The van der Waals surface area contributed by atoms with Crippen LogP contribution in [0.3, 0.4) is 0 Å². The molecule has 6 rings (SSSR count). The lowest BCUT2D eigenvalue weighted by atomic mass is 9.88. The van der Waals surface area contributed by atoms with Gasteiger partial charge < -0.3 is 14.2 Å². The highest BCUT2D eigenvalue weighted by atomic mass is 16.5. The zero-order valence-corrected chi connectivity index (χ0v) is 30.3. The van der Waals surface area contributed by atoms with Crippen LogP contribution in [0.25, 0.3) is 0 Å². The van der Waals surface area contributed by atoms with Crippen molar-refractivity contribution in [2.24, 2.45) is 53.3 Å². The summed E-state index contributed by atoms with van der Waals surface area (Å²) in [5.41, 5.74) is -1.01. The van der Waals surface area contributed by atoms with Gasteiger partial charge in [-0.25, -0.2) is 28.1 Å². The maximum absolute atomic E-state index is 13.7. The molecule has 49 heavy (non-hydrogen) atoms. The largest absolute Gasteiger partial charge is 0.428 e. The van der Waals surface area contributed by atoms with E-state index in [2.05, 4.69) is 28.1 Å². The van der Waals surface area contributed by atoms with E-state index in [0.29, 0.717) is 80.9 Å². The second-order valence-corrected chi connectivity index (χ2v) is 14.6. The molecule has 1 aromatic heterocycles. The van der Waals surface area contributed by atoms with Gasteiger partial charge in [-0.15, -0.1) is 0 Å². The lowest BCUT2D eigenvalue weighted by molar-refractivity contribution is 0.250. The molecule has 4 bridgehead atoms. The van der Waals surface area contributed by atoms with Gasteiger partial charge in [-0.05, 0) is 125 Å². The molecule has 9 atom stereocenters. The molecule has 12 heteroatoms. The van der Waals surface area contributed by atoms with E-state index in [9.17, 15) is 14.4 Å². The van der Waals surface area contributed by atoms with Crippen LogP contribution in [-0.4, -0.2) is 33.5 Å². The fourth-order valence-electron chi connectivity index (χ4n) is 9.31. The minimum Gasteiger partial charge on any atom is -0.428 e. The Labute approximate surface area is 291 Å². The van der Waals surface area contributed by atoms with Crippen molar-refractivity contribution in [3.8, 4) is 18.8 Å². The first-order chi connectivity index (χ1) is 23.6. The molecule has 0 radical (unpaired) electrons. The summed E-state index contributed by atoms with van der Waals surface area (Å²) in [5.74, 6) is 5.23. The molecule has 1 aromatic rings. The van der Waals surface area contributed by atoms with E-state index in [0.717, 1.165) is 37.5 Å². The molecular formula is C37H58N6O6. The summed E-state index contributed by atoms with van der Waals surface area (Å²) in [6.45, 7) is 12.7. The molecule has 0 aliphatic heterocycles. The minimum atomic E-state index is -0.339. The fourth-order valence-corrected chi connectivity index (χ4v) is 9.31. The predicted molar refractivity (Wildman–Crippen MR) is 184 cm³/mol. The van der Waals surface area contributed by atoms with Gasteiger partial charge in [-0.2, -0.15) is 15.8 Å². The van der Waals surface area contributed by atoms with E-state index in [1.54, 1.807) is 20.8 Å². The Balaban J connectivity index is 0.000000366. The molecular weight excluding hydrogens is 624 g/mol. The predicted octanol–water partition coefficient (Wildman–Crippen LogP) is 5.63. The summed E-state index contributed by atoms with van der Waals surface area (Å²) in [6, 6.07) is 0. The summed E-state index contributed by atoms with van der Waals surface area (Å²) < 4.78 is 16.9. The van der Waals surface area contributed by atoms with Crippen molar-refractivity contribution in [1.29, 1.82) is 15.8 Å². The van der Waals surface area contributed by atoms with E-state index >= 15 is 0 Å². The summed E-state index contributed by atoms with van der Waals surface area (Å²) in [4.78, 5) is 41.0. The number of rotatable bonds is 10. The van der Waals surface area contributed by atoms with Gasteiger partial charge in [0.15, 0.2) is 0 Å². The van der Waals surface area contributed by atoms with Gasteiger partial charge in [0, 0.05) is 19.6 Å². The van der Waals surface area contributed by atoms with Gasteiger partial charge in [0.25, 0.3) is 18.8 Å². The topological polar surface area (TPSA) is 165 Å². The second kappa shape index (κ2) is 20.1. The molecule has 1 heterocycles. The van der Waals surface area contributed by atoms with E-state index < -0.39 is 0 Å². The average molecular weight is 683 g/mol. The molecule has 0 saturated heterocycles. The Morgan fingerprint density at radius 3 is 1.20 bits per heavy atom. The minimum absolute atomic E-state index is 0.331. The maximum Gasteiger partial charge on any atom is 0.336 e. The number of hydrogen-bond acceptors (Lipinski definition) is 9. The maximum atomic E-state index is 13.7. The second-order valence-electron chi connectivity index (χ2n) is 14.6.